The van der Waals surface area contributed by atoms with E-state index in [2.05, 4.69) is 24.6 Å². The molecular weight excluding hydrogens is 401 g/mol. The average molecular weight is 419 g/mol. The number of nitrogens with zero attached hydrogens (tertiary/aromatic N) is 4. The number of benzene rings is 2. The summed E-state index contributed by atoms with van der Waals surface area (Å²) in [6, 6.07) is 11.7. The van der Waals surface area contributed by atoms with Gasteiger partial charge in [-0.2, -0.15) is 4.36 Å². The zero-order valence-electron chi connectivity index (χ0n) is 16.3. The van der Waals surface area contributed by atoms with E-state index in [-0.39, 0.29) is 6.10 Å². The molecule has 0 aliphatic carbocycles. The molecular formula is C22H18FN5OS. The smallest absolute Gasteiger partial charge is 0.146 e. The van der Waals surface area contributed by atoms with Crippen LogP contribution in [0, 0.1) is 12.7 Å². The molecule has 2 heterocycles. The van der Waals surface area contributed by atoms with Gasteiger partial charge in [-0.1, -0.05) is 0 Å². The summed E-state index contributed by atoms with van der Waals surface area (Å²) in [5, 5.41) is 4.10. The molecule has 6 nitrogen and oxygen atoms in total. The Labute approximate surface area is 178 Å². The van der Waals surface area contributed by atoms with Crippen molar-refractivity contribution in [3.63, 3.8) is 0 Å². The number of ether oxygens (including phenoxy) is 1. The van der Waals surface area contributed by atoms with Crippen LogP contribution in [0.4, 0.5) is 21.6 Å². The third-order valence-electron chi connectivity index (χ3n) is 4.70. The number of nitrogens with one attached hydrogen (secondary N) is 1. The average Bonchev–Trinajstić information content (AvgIpc) is 2.76. The predicted octanol–water partition coefficient (Wildman–Crippen LogP) is 5.72. The third-order valence-corrected chi connectivity index (χ3v) is 4.91. The largest absolute Gasteiger partial charge is 0.484 e. The Kier molecular flexibility index (Phi) is 5.58. The number of hydrogen-bond donors (Lipinski definition) is 1. The number of halogens is 1. The summed E-state index contributed by atoms with van der Waals surface area (Å²) in [6.07, 6.45) is 4.55. The fraction of sp³-hybridized carbons (Fsp3) is 0.136. The summed E-state index contributed by atoms with van der Waals surface area (Å²) in [7, 11) is 0. The molecule has 1 unspecified atom stereocenters. The van der Waals surface area contributed by atoms with Gasteiger partial charge in [0.2, 0.25) is 0 Å². The summed E-state index contributed by atoms with van der Waals surface area (Å²) in [5.74, 6) is 0.570. The van der Waals surface area contributed by atoms with Gasteiger partial charge in [0.25, 0.3) is 0 Å². The lowest BCUT2D eigenvalue weighted by Crippen LogP contribution is -2.06. The number of fused-ring (bicyclic) bond motifs is 1. The van der Waals surface area contributed by atoms with Gasteiger partial charge in [-0.05, 0) is 61.4 Å². The monoisotopic (exact) mass is 419 g/mol. The highest BCUT2D eigenvalue weighted by Gasteiger charge is 2.15. The minimum atomic E-state index is -0.391. The molecule has 0 aliphatic rings. The van der Waals surface area contributed by atoms with Gasteiger partial charge in [0.1, 0.15) is 29.8 Å². The summed E-state index contributed by atoms with van der Waals surface area (Å²) < 4.78 is 23.9. The first-order chi connectivity index (χ1) is 14.5. The first kappa shape index (κ1) is 19.8. The second kappa shape index (κ2) is 8.46. The van der Waals surface area contributed by atoms with Crippen molar-refractivity contribution in [1.29, 1.82) is 0 Å². The highest BCUT2D eigenvalue weighted by Crippen LogP contribution is 2.35. The summed E-state index contributed by atoms with van der Waals surface area (Å²) in [5.41, 5.74) is 3.83. The molecule has 1 N–H and O–H groups in total. The molecule has 2 aromatic heterocycles. The molecule has 0 saturated carbocycles. The number of hydrogen-bond acceptors (Lipinski definition) is 7. The maximum absolute atomic E-state index is 14.0. The summed E-state index contributed by atoms with van der Waals surface area (Å²) >= 11 is 4.80. The lowest BCUT2D eigenvalue weighted by molar-refractivity contribution is 0.227. The normalized spacial score (nSPS) is 11.8. The van der Waals surface area contributed by atoms with Crippen molar-refractivity contribution in [2.24, 2.45) is 4.36 Å². The van der Waals surface area contributed by atoms with Gasteiger partial charge in [-0.15, -0.1) is 0 Å². The van der Waals surface area contributed by atoms with E-state index >= 15 is 0 Å². The minimum absolute atomic E-state index is 0.296. The number of aromatic nitrogens is 3. The van der Waals surface area contributed by atoms with Crippen molar-refractivity contribution < 1.29 is 9.13 Å². The Bertz CT molecular complexity index is 1220. The second-order valence-electron chi connectivity index (χ2n) is 6.78. The zero-order chi connectivity index (χ0) is 21.1. The van der Waals surface area contributed by atoms with Crippen molar-refractivity contribution in [1.82, 2.24) is 15.0 Å². The third kappa shape index (κ3) is 4.08. The Morgan fingerprint density at radius 1 is 1.10 bits per heavy atom. The van der Waals surface area contributed by atoms with E-state index in [0.29, 0.717) is 28.5 Å². The molecule has 0 bridgehead atoms. The highest BCUT2D eigenvalue weighted by atomic mass is 32.1. The van der Waals surface area contributed by atoms with Crippen LogP contribution in [0.2, 0.25) is 0 Å². The maximum atomic E-state index is 14.0. The standard InChI is InChI=1S/C22H18FN5OS/c1-13-9-17(28-30)11-19-21(13)22(26-12-25-19)27-18-4-3-16(23)10-20(18)29-14(2)15-5-7-24-8-6-15/h3-12,14H,1-2H3,(H,25,26,27). The van der Waals surface area contributed by atoms with Crippen LogP contribution >= 0.6 is 0 Å². The molecule has 1 atom stereocenters. The van der Waals surface area contributed by atoms with Crippen LogP contribution in [0.5, 0.6) is 5.75 Å². The van der Waals surface area contributed by atoms with E-state index in [4.69, 9.17) is 17.2 Å². The number of rotatable bonds is 6. The number of anilines is 2. The fourth-order valence-electron chi connectivity index (χ4n) is 3.24. The molecule has 0 saturated heterocycles. The molecule has 150 valence electrons. The van der Waals surface area contributed by atoms with Crippen LogP contribution in [0.25, 0.3) is 10.9 Å². The fourth-order valence-corrected chi connectivity index (χ4v) is 3.34. The number of pyridine rings is 1. The van der Waals surface area contributed by atoms with Crippen molar-refractivity contribution in [3.8, 4) is 5.75 Å². The van der Waals surface area contributed by atoms with Gasteiger partial charge in [0.15, 0.2) is 0 Å². The van der Waals surface area contributed by atoms with Crippen molar-refractivity contribution >= 4 is 40.5 Å². The molecule has 0 fully saturated rings. The lowest BCUT2D eigenvalue weighted by Gasteiger charge is -2.19. The highest BCUT2D eigenvalue weighted by molar-refractivity contribution is 7.47. The zero-order valence-corrected chi connectivity index (χ0v) is 17.2. The van der Waals surface area contributed by atoms with Crippen LogP contribution in [-0.4, -0.2) is 15.0 Å². The van der Waals surface area contributed by atoms with Crippen LogP contribution < -0.4 is 10.1 Å². The summed E-state index contributed by atoms with van der Waals surface area (Å²) in [4.78, 5) is 12.7. The Morgan fingerprint density at radius 3 is 2.67 bits per heavy atom. The molecule has 0 amide bonds. The summed E-state index contributed by atoms with van der Waals surface area (Å²) in [6.45, 7) is 3.84. The molecule has 0 aliphatic heterocycles. The molecule has 30 heavy (non-hydrogen) atoms. The van der Waals surface area contributed by atoms with Crippen LogP contribution in [0.1, 0.15) is 24.2 Å². The van der Waals surface area contributed by atoms with E-state index in [0.717, 1.165) is 16.5 Å². The van der Waals surface area contributed by atoms with Gasteiger partial charge in [0, 0.05) is 36.3 Å². The van der Waals surface area contributed by atoms with Gasteiger partial charge in [0.05, 0.1) is 16.9 Å². The van der Waals surface area contributed by atoms with E-state index in [9.17, 15) is 4.39 Å². The molecule has 2 aromatic carbocycles. The van der Waals surface area contributed by atoms with Gasteiger partial charge >= 0.3 is 0 Å². The van der Waals surface area contributed by atoms with E-state index in [1.165, 1.54) is 18.5 Å². The lowest BCUT2D eigenvalue weighted by atomic mass is 10.1. The molecule has 0 spiro atoms. The van der Waals surface area contributed by atoms with Crippen LogP contribution in [-0.2, 0) is 12.4 Å². The van der Waals surface area contributed by atoms with E-state index < -0.39 is 5.82 Å². The quantitative estimate of drug-likeness (QED) is 0.431. The molecule has 4 aromatic rings. The van der Waals surface area contributed by atoms with Gasteiger partial charge < -0.3 is 10.1 Å². The Balaban J connectivity index is 1.71. The maximum Gasteiger partial charge on any atom is 0.146 e. The van der Waals surface area contributed by atoms with Crippen molar-refractivity contribution in [3.05, 3.63) is 78.1 Å². The van der Waals surface area contributed by atoms with Gasteiger partial charge in [-0.25, -0.2) is 14.4 Å². The minimum Gasteiger partial charge on any atom is -0.484 e. The Hall–Kier alpha value is -3.52. The van der Waals surface area contributed by atoms with Crippen molar-refractivity contribution in [2.45, 2.75) is 20.0 Å². The van der Waals surface area contributed by atoms with E-state index in [1.54, 1.807) is 24.5 Å². The topological polar surface area (TPSA) is 72.3 Å². The molecule has 0 radical (unpaired) electrons. The van der Waals surface area contributed by atoms with Gasteiger partial charge in [-0.3, -0.25) is 4.98 Å². The number of aryl methyl sites for hydroxylation is 1. The second-order valence-corrected chi connectivity index (χ2v) is 6.96. The van der Waals surface area contributed by atoms with E-state index in [1.807, 2.05) is 32.0 Å². The first-order valence-corrected chi connectivity index (χ1v) is 9.63. The Morgan fingerprint density at radius 2 is 1.90 bits per heavy atom. The SMILES string of the molecule is Cc1cc(N=S)cc2ncnc(Nc3ccc(F)cc3OC(C)c3ccncc3)c12. The molecule has 4 rings (SSSR count). The van der Waals surface area contributed by atoms with Crippen LogP contribution in [0.3, 0.4) is 0 Å². The first-order valence-electron chi connectivity index (χ1n) is 9.27. The molecule has 8 heteroatoms. The van der Waals surface area contributed by atoms with Crippen LogP contribution in [0.15, 0.2) is 65.5 Å². The van der Waals surface area contributed by atoms with Crippen molar-refractivity contribution in [2.75, 3.05) is 5.32 Å². The predicted molar refractivity (Wildman–Crippen MR) is 117 cm³/mol.